The van der Waals surface area contributed by atoms with Crippen molar-refractivity contribution in [3.05, 3.63) is 72.9 Å². The van der Waals surface area contributed by atoms with Gasteiger partial charge in [-0.2, -0.15) is 0 Å². The second-order valence-electron chi connectivity index (χ2n) is 30.6. The highest BCUT2D eigenvalue weighted by molar-refractivity contribution is 5.76. The van der Waals surface area contributed by atoms with Crippen LogP contribution >= 0.6 is 0 Å². The molecule has 0 aromatic rings. The molecule has 0 saturated carbocycles. The van der Waals surface area contributed by atoms with Gasteiger partial charge in [0.25, 0.3) is 0 Å². The molecule has 19 heteroatoms. The van der Waals surface area contributed by atoms with E-state index in [0.29, 0.717) is 6.42 Å². The van der Waals surface area contributed by atoms with Gasteiger partial charge in [-0.1, -0.05) is 344 Å². The maximum atomic E-state index is 13.5. The Labute approximate surface area is 642 Å². The maximum Gasteiger partial charge on any atom is 0.220 e. The quantitative estimate of drug-likeness (QED) is 0.0199. The van der Waals surface area contributed by atoms with Crippen LogP contribution in [-0.4, -0.2) is 193 Å². The average Bonchev–Trinajstić information content (AvgIpc) is 0.780. The van der Waals surface area contributed by atoms with E-state index in [1.54, 1.807) is 6.08 Å². The van der Waals surface area contributed by atoms with E-state index in [9.17, 15) is 61.0 Å². The van der Waals surface area contributed by atoms with Crippen molar-refractivity contribution in [3.8, 4) is 0 Å². The lowest BCUT2D eigenvalue weighted by Crippen LogP contribution is -2.66. The molecule has 12 N–H and O–H groups in total. The van der Waals surface area contributed by atoms with Crippen molar-refractivity contribution in [1.82, 2.24) is 5.32 Å². The monoisotopic (exact) mass is 1500 g/mol. The number of nitrogens with one attached hydrogen (secondary N) is 1. The van der Waals surface area contributed by atoms with Crippen LogP contribution in [0.2, 0.25) is 0 Å². The molecule has 17 atom stereocenters. The first-order valence-electron chi connectivity index (χ1n) is 43.2. The number of aliphatic hydroxyl groups is 11. The number of hydrogen-bond donors (Lipinski definition) is 12. The van der Waals surface area contributed by atoms with Gasteiger partial charge in [-0.15, -0.1) is 0 Å². The zero-order chi connectivity index (χ0) is 76.7. The number of carbonyl (C=O) groups is 1. The fourth-order valence-electron chi connectivity index (χ4n) is 14.4. The van der Waals surface area contributed by atoms with E-state index in [0.717, 1.165) is 77.0 Å². The van der Waals surface area contributed by atoms with Crippen LogP contribution in [0, 0.1) is 0 Å². The summed E-state index contributed by atoms with van der Waals surface area (Å²) < 4.78 is 34.5. The molecule has 3 saturated heterocycles. The zero-order valence-electron chi connectivity index (χ0n) is 66.4. The van der Waals surface area contributed by atoms with Crippen molar-refractivity contribution >= 4 is 5.91 Å². The Morgan fingerprint density at radius 1 is 0.349 bits per heavy atom. The highest BCUT2D eigenvalue weighted by Crippen LogP contribution is 2.33. The Balaban J connectivity index is 1.31. The topological polar surface area (TPSA) is 307 Å². The minimum atomic E-state index is -1.98. The van der Waals surface area contributed by atoms with Crippen LogP contribution in [0.1, 0.15) is 341 Å². The smallest absolute Gasteiger partial charge is 0.220 e. The van der Waals surface area contributed by atoms with Crippen LogP contribution in [0.3, 0.4) is 0 Å². The number of allylic oxidation sites excluding steroid dienone is 11. The summed E-state index contributed by atoms with van der Waals surface area (Å²) in [5.41, 5.74) is 0. The molecular weight excluding hydrogens is 1350 g/mol. The lowest BCUT2D eigenvalue weighted by Gasteiger charge is -2.48. The fraction of sp³-hybridized carbons (Fsp3) is 0.851. The van der Waals surface area contributed by atoms with Crippen LogP contribution in [0.15, 0.2) is 72.9 Å². The van der Waals surface area contributed by atoms with Gasteiger partial charge >= 0.3 is 0 Å². The summed E-state index contributed by atoms with van der Waals surface area (Å²) in [5, 5.41) is 121. The molecule has 3 heterocycles. The summed E-state index contributed by atoms with van der Waals surface area (Å²) >= 11 is 0. The predicted octanol–water partition coefficient (Wildman–Crippen LogP) is 15.6. The first-order valence-corrected chi connectivity index (χ1v) is 43.2. The van der Waals surface area contributed by atoms with Crippen LogP contribution in [0.25, 0.3) is 0 Å². The average molecular weight is 1510 g/mol. The Morgan fingerprint density at radius 2 is 0.651 bits per heavy atom. The number of unbranched alkanes of at least 4 members (excludes halogenated alkanes) is 43. The number of hydrogen-bond acceptors (Lipinski definition) is 18. The summed E-state index contributed by atoms with van der Waals surface area (Å²) in [5.74, 6) is -0.270. The molecule has 3 rings (SSSR count). The van der Waals surface area contributed by atoms with E-state index in [1.807, 2.05) is 6.08 Å². The van der Waals surface area contributed by atoms with Gasteiger partial charge in [-0.05, 0) is 64.2 Å². The molecule has 19 nitrogen and oxygen atoms in total. The first-order chi connectivity index (χ1) is 51.8. The van der Waals surface area contributed by atoms with E-state index in [1.165, 1.54) is 238 Å². The summed E-state index contributed by atoms with van der Waals surface area (Å²) in [6, 6.07) is -0.975. The molecule has 1 amide bonds. The highest BCUT2D eigenvalue weighted by atomic mass is 16.8. The van der Waals surface area contributed by atoms with Crippen molar-refractivity contribution in [2.75, 3.05) is 26.4 Å². The standard InChI is InChI=1S/C87H157NO18/c1-3-5-7-9-11-13-15-17-19-21-23-25-27-28-29-30-31-32-33-34-35-36-37-38-39-40-41-42-43-45-47-49-51-53-55-57-59-61-63-65-75(93)88-70(71(92)64-62-60-58-56-54-52-50-48-46-44-26-24-22-20-18-16-14-12-10-8-6-4-2)69-101-85-81(99)78(96)83(73(67-90)103-85)106-87-82(100)79(97)84(74(68-91)104-87)105-86-80(98)77(95)76(94)72(66-89)102-86/h5,7,11,13,17,19,23,25,28-29,62,64,70-74,76-87,89-92,94-100H,3-4,6,8-10,12,14-16,18,20-22,24,26-27,30-61,63,65-69H2,1-2H3,(H,88,93)/b7-5-,13-11-,19-17-,25-23-,29-28-,64-62+. The van der Waals surface area contributed by atoms with E-state index >= 15 is 0 Å². The minimum Gasteiger partial charge on any atom is -0.394 e. The molecule has 3 aliphatic heterocycles. The van der Waals surface area contributed by atoms with Crippen molar-refractivity contribution in [3.63, 3.8) is 0 Å². The maximum absolute atomic E-state index is 13.5. The Hall–Kier alpha value is -2.77. The number of rotatable bonds is 69. The molecular formula is C87H157NO18. The van der Waals surface area contributed by atoms with Gasteiger partial charge in [0.2, 0.25) is 5.91 Å². The third-order valence-corrected chi connectivity index (χ3v) is 21.3. The van der Waals surface area contributed by atoms with Gasteiger partial charge < -0.3 is 89.9 Å². The highest BCUT2D eigenvalue weighted by Gasteiger charge is 2.54. The fourth-order valence-corrected chi connectivity index (χ4v) is 14.4. The molecule has 3 fully saturated rings. The van der Waals surface area contributed by atoms with Gasteiger partial charge in [0.1, 0.15) is 73.2 Å². The lowest BCUT2D eigenvalue weighted by molar-refractivity contribution is -0.379. The molecule has 0 aromatic heterocycles. The number of ether oxygens (including phenoxy) is 6. The molecule has 0 aromatic carbocycles. The normalized spacial score (nSPS) is 26.0. The van der Waals surface area contributed by atoms with E-state index < -0.39 is 124 Å². The SMILES string of the molecule is CC/C=C\C/C=C\C/C=C\C/C=C\C/C=C\CCCCCCCCCCCCCCCCCCCCCCCCCC(=O)NC(COC1OC(CO)C(OC2OC(CO)C(OC3OC(CO)C(O)C(O)C3O)C(O)C2O)C(O)C1O)C(O)/C=C/CCCCCCCCCCCCCCCCCCCCCC. The van der Waals surface area contributed by atoms with E-state index in [2.05, 4.69) is 79.9 Å². The lowest BCUT2D eigenvalue weighted by atomic mass is 9.96. The Bertz CT molecular complexity index is 2190. The summed E-state index contributed by atoms with van der Waals surface area (Å²) in [4.78, 5) is 13.5. The van der Waals surface area contributed by atoms with Gasteiger partial charge in [-0.3, -0.25) is 4.79 Å². The first kappa shape index (κ1) is 97.4. The minimum absolute atomic E-state index is 0.245. The van der Waals surface area contributed by atoms with Crippen LogP contribution in [0.4, 0.5) is 0 Å². The van der Waals surface area contributed by atoms with Crippen molar-refractivity contribution in [2.24, 2.45) is 0 Å². The zero-order valence-corrected chi connectivity index (χ0v) is 66.4. The van der Waals surface area contributed by atoms with Gasteiger partial charge in [0, 0.05) is 6.42 Å². The second kappa shape index (κ2) is 66.8. The van der Waals surface area contributed by atoms with Gasteiger partial charge in [-0.25, -0.2) is 0 Å². The molecule has 0 radical (unpaired) electrons. The second-order valence-corrected chi connectivity index (χ2v) is 30.6. The number of amides is 1. The van der Waals surface area contributed by atoms with E-state index in [4.69, 9.17) is 28.4 Å². The predicted molar refractivity (Wildman–Crippen MR) is 425 cm³/mol. The molecule has 0 bridgehead atoms. The Morgan fingerprint density at radius 3 is 1.02 bits per heavy atom. The summed E-state index contributed by atoms with van der Waals surface area (Å²) in [6.07, 6.45) is 61.9. The summed E-state index contributed by atoms with van der Waals surface area (Å²) in [6.45, 7) is 1.67. The molecule has 106 heavy (non-hydrogen) atoms. The third kappa shape index (κ3) is 45.7. The van der Waals surface area contributed by atoms with Crippen molar-refractivity contribution in [2.45, 2.75) is 446 Å². The molecule has 17 unspecified atom stereocenters. The number of aliphatic hydroxyl groups excluding tert-OH is 11. The number of carbonyl (C=O) groups excluding carboxylic acids is 1. The van der Waals surface area contributed by atoms with Crippen LogP contribution in [0.5, 0.6) is 0 Å². The summed E-state index contributed by atoms with van der Waals surface area (Å²) in [7, 11) is 0. The van der Waals surface area contributed by atoms with Crippen molar-refractivity contribution in [1.29, 1.82) is 0 Å². The third-order valence-electron chi connectivity index (χ3n) is 21.3. The molecule has 0 spiro atoms. The molecule has 0 aliphatic carbocycles. The largest absolute Gasteiger partial charge is 0.394 e. The van der Waals surface area contributed by atoms with Crippen LogP contribution in [-0.2, 0) is 33.2 Å². The van der Waals surface area contributed by atoms with Crippen molar-refractivity contribution < 1.29 is 89.4 Å². The van der Waals surface area contributed by atoms with E-state index in [-0.39, 0.29) is 18.9 Å². The molecule has 3 aliphatic rings. The van der Waals surface area contributed by atoms with Crippen LogP contribution < -0.4 is 5.32 Å². The molecule has 618 valence electrons. The Kier molecular flexibility index (Phi) is 61.4. The van der Waals surface area contributed by atoms with Gasteiger partial charge in [0.15, 0.2) is 18.9 Å². The van der Waals surface area contributed by atoms with Gasteiger partial charge in [0.05, 0.1) is 38.6 Å².